The minimum absolute atomic E-state index is 0.772. The van der Waals surface area contributed by atoms with Gasteiger partial charge in [-0.25, -0.2) is 0 Å². The highest BCUT2D eigenvalue weighted by Gasteiger charge is 2.12. The van der Waals surface area contributed by atoms with Crippen LogP contribution in [0.2, 0.25) is 0 Å². The normalized spacial score (nSPS) is 16.6. The number of ether oxygens (including phenoxy) is 1. The number of pyridine rings is 1. The van der Waals surface area contributed by atoms with E-state index in [-0.39, 0.29) is 0 Å². The van der Waals surface area contributed by atoms with Gasteiger partial charge < -0.3 is 10.1 Å². The largest absolute Gasteiger partial charge is 0.381 e. The first-order chi connectivity index (χ1) is 9.81. The number of benzene rings is 1. The summed E-state index contributed by atoms with van der Waals surface area (Å²) in [5.41, 5.74) is 3.48. The first-order valence-corrected chi connectivity index (χ1v) is 7.46. The SMILES string of the molecule is Cc1ccc2cc(CNCC3CCOCC3)ccc2n1. The maximum atomic E-state index is 5.39. The molecular weight excluding hydrogens is 248 g/mol. The summed E-state index contributed by atoms with van der Waals surface area (Å²) >= 11 is 0. The highest BCUT2D eigenvalue weighted by atomic mass is 16.5. The van der Waals surface area contributed by atoms with Crippen molar-refractivity contribution in [1.29, 1.82) is 0 Å². The molecule has 1 aliphatic heterocycles. The van der Waals surface area contributed by atoms with Gasteiger partial charge >= 0.3 is 0 Å². The van der Waals surface area contributed by atoms with E-state index in [0.717, 1.165) is 43.4 Å². The number of fused-ring (bicyclic) bond motifs is 1. The van der Waals surface area contributed by atoms with Gasteiger partial charge in [-0.15, -0.1) is 0 Å². The van der Waals surface area contributed by atoms with Gasteiger partial charge in [-0.3, -0.25) is 4.98 Å². The highest BCUT2D eigenvalue weighted by molar-refractivity contribution is 5.79. The van der Waals surface area contributed by atoms with E-state index in [9.17, 15) is 0 Å². The lowest BCUT2D eigenvalue weighted by atomic mass is 10.0. The molecule has 0 atom stereocenters. The van der Waals surface area contributed by atoms with Crippen molar-refractivity contribution in [1.82, 2.24) is 10.3 Å². The fraction of sp³-hybridized carbons (Fsp3) is 0.471. The molecule has 2 heterocycles. The van der Waals surface area contributed by atoms with Crippen LogP contribution in [-0.4, -0.2) is 24.7 Å². The number of aromatic nitrogens is 1. The van der Waals surface area contributed by atoms with Gasteiger partial charge in [-0.1, -0.05) is 12.1 Å². The van der Waals surface area contributed by atoms with E-state index < -0.39 is 0 Å². The molecule has 0 spiro atoms. The summed E-state index contributed by atoms with van der Waals surface area (Å²) in [5, 5.41) is 4.79. The number of aryl methyl sites for hydroxylation is 1. The third kappa shape index (κ3) is 3.35. The summed E-state index contributed by atoms with van der Waals surface area (Å²) < 4.78 is 5.39. The van der Waals surface area contributed by atoms with Crippen LogP contribution in [0.1, 0.15) is 24.1 Å². The average molecular weight is 270 g/mol. The van der Waals surface area contributed by atoms with E-state index in [0.29, 0.717) is 0 Å². The summed E-state index contributed by atoms with van der Waals surface area (Å²) in [7, 11) is 0. The smallest absolute Gasteiger partial charge is 0.0705 e. The van der Waals surface area contributed by atoms with E-state index in [1.807, 2.05) is 6.92 Å². The summed E-state index contributed by atoms with van der Waals surface area (Å²) in [5.74, 6) is 0.772. The fourth-order valence-electron chi connectivity index (χ4n) is 2.76. The molecule has 106 valence electrons. The van der Waals surface area contributed by atoms with Crippen LogP contribution < -0.4 is 5.32 Å². The van der Waals surface area contributed by atoms with Crippen LogP contribution in [0, 0.1) is 12.8 Å². The number of nitrogens with zero attached hydrogens (tertiary/aromatic N) is 1. The van der Waals surface area contributed by atoms with E-state index in [4.69, 9.17) is 4.74 Å². The van der Waals surface area contributed by atoms with Crippen LogP contribution in [0.25, 0.3) is 10.9 Å². The number of nitrogens with one attached hydrogen (secondary N) is 1. The van der Waals surface area contributed by atoms with Crippen molar-refractivity contribution in [3.05, 3.63) is 41.6 Å². The molecule has 1 aromatic carbocycles. The Kier molecular flexibility index (Phi) is 4.28. The Hall–Kier alpha value is -1.45. The predicted molar refractivity (Wildman–Crippen MR) is 81.7 cm³/mol. The van der Waals surface area contributed by atoms with Crippen molar-refractivity contribution >= 4 is 10.9 Å². The van der Waals surface area contributed by atoms with Gasteiger partial charge in [-0.2, -0.15) is 0 Å². The van der Waals surface area contributed by atoms with Gasteiger partial charge in [0.1, 0.15) is 0 Å². The third-order valence-corrected chi connectivity index (χ3v) is 4.00. The standard InChI is InChI=1S/C17H22N2O/c1-13-2-4-16-10-15(3-5-17(16)19-13)12-18-11-14-6-8-20-9-7-14/h2-5,10,14,18H,6-9,11-12H2,1H3. The molecule has 1 fully saturated rings. The zero-order valence-electron chi connectivity index (χ0n) is 12.1. The Morgan fingerprint density at radius 3 is 2.90 bits per heavy atom. The van der Waals surface area contributed by atoms with Crippen molar-refractivity contribution in [2.75, 3.05) is 19.8 Å². The zero-order chi connectivity index (χ0) is 13.8. The predicted octanol–water partition coefficient (Wildman–Crippen LogP) is 3.06. The monoisotopic (exact) mass is 270 g/mol. The first kappa shape index (κ1) is 13.5. The second-order valence-electron chi connectivity index (χ2n) is 5.67. The minimum atomic E-state index is 0.772. The molecule has 20 heavy (non-hydrogen) atoms. The first-order valence-electron chi connectivity index (χ1n) is 7.46. The van der Waals surface area contributed by atoms with Gasteiger partial charge in [0.15, 0.2) is 0 Å². The topological polar surface area (TPSA) is 34.1 Å². The zero-order valence-corrected chi connectivity index (χ0v) is 12.1. The van der Waals surface area contributed by atoms with Crippen molar-refractivity contribution in [3.63, 3.8) is 0 Å². The molecule has 3 rings (SSSR count). The second kappa shape index (κ2) is 6.33. The third-order valence-electron chi connectivity index (χ3n) is 4.00. The van der Waals surface area contributed by atoms with Crippen molar-refractivity contribution in [3.8, 4) is 0 Å². The molecule has 3 heteroatoms. The Morgan fingerprint density at radius 1 is 1.20 bits per heavy atom. The van der Waals surface area contributed by atoms with Crippen LogP contribution >= 0.6 is 0 Å². The van der Waals surface area contributed by atoms with Gasteiger partial charge in [-0.05, 0) is 56.0 Å². The molecule has 2 aromatic rings. The van der Waals surface area contributed by atoms with E-state index >= 15 is 0 Å². The van der Waals surface area contributed by atoms with Crippen LogP contribution in [-0.2, 0) is 11.3 Å². The van der Waals surface area contributed by atoms with Crippen LogP contribution in [0.15, 0.2) is 30.3 Å². The van der Waals surface area contributed by atoms with E-state index in [1.54, 1.807) is 0 Å². The van der Waals surface area contributed by atoms with Crippen LogP contribution in [0.4, 0.5) is 0 Å². The van der Waals surface area contributed by atoms with E-state index in [2.05, 4.69) is 40.6 Å². The number of rotatable bonds is 4. The summed E-state index contributed by atoms with van der Waals surface area (Å²) in [6.07, 6.45) is 2.38. The molecular formula is C17H22N2O. The molecule has 0 radical (unpaired) electrons. The van der Waals surface area contributed by atoms with Crippen LogP contribution in [0.5, 0.6) is 0 Å². The van der Waals surface area contributed by atoms with Crippen molar-refractivity contribution in [2.24, 2.45) is 5.92 Å². The lowest BCUT2D eigenvalue weighted by molar-refractivity contribution is 0.0662. The van der Waals surface area contributed by atoms with Crippen molar-refractivity contribution < 1.29 is 4.74 Å². The quantitative estimate of drug-likeness (QED) is 0.927. The van der Waals surface area contributed by atoms with Gasteiger partial charge in [0.25, 0.3) is 0 Å². The summed E-state index contributed by atoms with van der Waals surface area (Å²) in [6, 6.07) is 10.7. The van der Waals surface area contributed by atoms with Gasteiger partial charge in [0, 0.05) is 30.8 Å². The van der Waals surface area contributed by atoms with E-state index in [1.165, 1.54) is 23.8 Å². The Balaban J connectivity index is 1.58. The number of hydrogen-bond donors (Lipinski definition) is 1. The molecule has 1 N–H and O–H groups in total. The summed E-state index contributed by atoms with van der Waals surface area (Å²) in [4.78, 5) is 4.54. The maximum absolute atomic E-state index is 5.39. The molecule has 0 aliphatic carbocycles. The summed E-state index contributed by atoms with van der Waals surface area (Å²) in [6.45, 7) is 5.90. The molecule has 0 bridgehead atoms. The Labute approximate surface area is 120 Å². The average Bonchev–Trinajstić information content (AvgIpc) is 2.48. The lowest BCUT2D eigenvalue weighted by Gasteiger charge is -2.22. The molecule has 3 nitrogen and oxygen atoms in total. The second-order valence-corrected chi connectivity index (χ2v) is 5.67. The van der Waals surface area contributed by atoms with Gasteiger partial charge in [0.05, 0.1) is 5.52 Å². The molecule has 0 saturated carbocycles. The maximum Gasteiger partial charge on any atom is 0.0705 e. The Morgan fingerprint density at radius 2 is 2.05 bits per heavy atom. The van der Waals surface area contributed by atoms with Gasteiger partial charge in [0.2, 0.25) is 0 Å². The number of hydrogen-bond acceptors (Lipinski definition) is 3. The van der Waals surface area contributed by atoms with Crippen LogP contribution in [0.3, 0.4) is 0 Å². The molecule has 0 unspecified atom stereocenters. The Bertz CT molecular complexity index is 576. The molecule has 1 aliphatic rings. The molecule has 1 saturated heterocycles. The highest BCUT2D eigenvalue weighted by Crippen LogP contribution is 2.16. The molecule has 0 amide bonds. The fourth-order valence-corrected chi connectivity index (χ4v) is 2.76. The minimum Gasteiger partial charge on any atom is -0.381 e. The lowest BCUT2D eigenvalue weighted by Crippen LogP contribution is -2.27. The molecule has 1 aromatic heterocycles. The van der Waals surface area contributed by atoms with Crippen molar-refractivity contribution in [2.45, 2.75) is 26.3 Å².